The van der Waals surface area contributed by atoms with Crippen LogP contribution in [0.4, 0.5) is 0 Å². The van der Waals surface area contributed by atoms with Crippen LogP contribution in [0, 0.1) is 0 Å². The Bertz CT molecular complexity index is 254. The molecule has 0 spiro atoms. The largest absolute Gasteiger partial charge is 0.384 e. The van der Waals surface area contributed by atoms with Crippen LogP contribution >= 0.6 is 0 Å². The average molecular weight is 166 g/mol. The van der Waals surface area contributed by atoms with Gasteiger partial charge in [-0.05, 0) is 25.7 Å². The molecule has 0 radical (unpaired) electrons. The molecule has 0 fully saturated rings. The minimum atomic E-state index is -0.332. The van der Waals surface area contributed by atoms with Gasteiger partial charge in [-0.3, -0.25) is 5.73 Å². The van der Waals surface area contributed by atoms with Crippen LogP contribution in [0.5, 0.6) is 0 Å². The highest BCUT2D eigenvalue weighted by molar-refractivity contribution is 5.98. The molecule has 1 atom stereocenters. The molecular weight excluding hydrogens is 152 g/mol. The van der Waals surface area contributed by atoms with Gasteiger partial charge in [0.25, 0.3) is 0 Å². The van der Waals surface area contributed by atoms with Crippen molar-refractivity contribution in [1.82, 2.24) is 5.32 Å². The van der Waals surface area contributed by atoms with Crippen molar-refractivity contribution >= 4 is 5.84 Å². The molecule has 1 aliphatic carbocycles. The number of allylic oxidation sites excluding steroid dienone is 1. The van der Waals surface area contributed by atoms with Crippen molar-refractivity contribution in [3.05, 3.63) is 11.3 Å². The Balaban J connectivity index is 2.29. The highest BCUT2D eigenvalue weighted by Gasteiger charge is 2.20. The minimum Gasteiger partial charge on any atom is -0.384 e. The van der Waals surface area contributed by atoms with E-state index in [4.69, 9.17) is 11.5 Å². The molecule has 2 rings (SSSR count). The van der Waals surface area contributed by atoms with Crippen LogP contribution in [-0.2, 0) is 0 Å². The van der Waals surface area contributed by atoms with Gasteiger partial charge in [0.2, 0.25) is 0 Å². The standard InChI is InChI=1S/C8H14N4/c9-7-5-3-1-2-4-6(5)11-8(10)12-7/h8,11H,1-4,10H2,(H2,9,12). The molecule has 0 aromatic carbocycles. The molecule has 4 heteroatoms. The van der Waals surface area contributed by atoms with Crippen molar-refractivity contribution in [1.29, 1.82) is 0 Å². The third-order valence-electron chi connectivity index (χ3n) is 2.38. The molecule has 1 unspecified atom stereocenters. The Hall–Kier alpha value is -1.03. The van der Waals surface area contributed by atoms with Crippen LogP contribution in [0.1, 0.15) is 25.7 Å². The van der Waals surface area contributed by atoms with Gasteiger partial charge < -0.3 is 11.1 Å². The summed E-state index contributed by atoms with van der Waals surface area (Å²) in [7, 11) is 0. The molecule has 0 saturated carbocycles. The van der Waals surface area contributed by atoms with Crippen LogP contribution in [0.2, 0.25) is 0 Å². The summed E-state index contributed by atoms with van der Waals surface area (Å²) in [5, 5.41) is 3.14. The Kier molecular flexibility index (Phi) is 1.77. The first-order chi connectivity index (χ1) is 5.77. The van der Waals surface area contributed by atoms with Gasteiger partial charge in [0, 0.05) is 11.3 Å². The van der Waals surface area contributed by atoms with E-state index in [1.165, 1.54) is 24.1 Å². The summed E-state index contributed by atoms with van der Waals surface area (Å²) in [6.45, 7) is 0. The van der Waals surface area contributed by atoms with Crippen molar-refractivity contribution in [2.75, 3.05) is 0 Å². The van der Waals surface area contributed by atoms with E-state index >= 15 is 0 Å². The van der Waals surface area contributed by atoms with E-state index in [0.29, 0.717) is 5.84 Å². The third-order valence-corrected chi connectivity index (χ3v) is 2.38. The topological polar surface area (TPSA) is 76.4 Å². The summed E-state index contributed by atoms with van der Waals surface area (Å²) in [6.07, 6.45) is 4.23. The maximum Gasteiger partial charge on any atom is 0.173 e. The molecule has 0 bridgehead atoms. The third kappa shape index (κ3) is 1.18. The summed E-state index contributed by atoms with van der Waals surface area (Å²) >= 11 is 0. The van der Waals surface area contributed by atoms with Crippen molar-refractivity contribution in [3.8, 4) is 0 Å². The fourth-order valence-corrected chi connectivity index (χ4v) is 1.79. The van der Waals surface area contributed by atoms with Crippen molar-refractivity contribution in [2.24, 2.45) is 16.5 Å². The average Bonchev–Trinajstić information content (AvgIpc) is 2.04. The van der Waals surface area contributed by atoms with Crippen LogP contribution in [-0.4, -0.2) is 12.1 Å². The molecule has 1 heterocycles. The lowest BCUT2D eigenvalue weighted by Crippen LogP contribution is -2.43. The number of nitrogens with two attached hydrogens (primary N) is 2. The number of rotatable bonds is 0. The number of aliphatic imine (C=N–C) groups is 1. The molecule has 0 amide bonds. The van der Waals surface area contributed by atoms with Crippen LogP contribution in [0.3, 0.4) is 0 Å². The van der Waals surface area contributed by atoms with Gasteiger partial charge >= 0.3 is 0 Å². The van der Waals surface area contributed by atoms with E-state index in [2.05, 4.69) is 10.3 Å². The van der Waals surface area contributed by atoms with Crippen molar-refractivity contribution < 1.29 is 0 Å². The second kappa shape index (κ2) is 2.79. The predicted molar refractivity (Wildman–Crippen MR) is 48.2 cm³/mol. The Labute approximate surface area is 71.7 Å². The minimum absolute atomic E-state index is 0.332. The van der Waals surface area contributed by atoms with E-state index in [1.54, 1.807) is 0 Å². The maximum atomic E-state index is 5.75. The van der Waals surface area contributed by atoms with E-state index < -0.39 is 0 Å². The summed E-state index contributed by atoms with van der Waals surface area (Å²) < 4.78 is 0. The second-order valence-corrected chi connectivity index (χ2v) is 3.27. The van der Waals surface area contributed by atoms with E-state index in [1.807, 2.05) is 0 Å². The molecule has 0 aromatic heterocycles. The highest BCUT2D eigenvalue weighted by atomic mass is 15.2. The Morgan fingerprint density at radius 2 is 2.08 bits per heavy atom. The van der Waals surface area contributed by atoms with E-state index in [9.17, 15) is 0 Å². The first-order valence-corrected chi connectivity index (χ1v) is 4.35. The van der Waals surface area contributed by atoms with Gasteiger partial charge in [-0.15, -0.1) is 0 Å². The van der Waals surface area contributed by atoms with Crippen molar-refractivity contribution in [3.63, 3.8) is 0 Å². The van der Waals surface area contributed by atoms with Gasteiger partial charge in [-0.25, -0.2) is 4.99 Å². The molecule has 2 aliphatic rings. The molecule has 0 aromatic rings. The summed E-state index contributed by atoms with van der Waals surface area (Å²) in [5.74, 6) is 0.635. The molecule has 0 saturated heterocycles. The molecular formula is C8H14N4. The molecule has 4 nitrogen and oxygen atoms in total. The molecule has 66 valence electrons. The van der Waals surface area contributed by atoms with Crippen molar-refractivity contribution in [2.45, 2.75) is 32.0 Å². The zero-order valence-electron chi connectivity index (χ0n) is 7.01. The fourth-order valence-electron chi connectivity index (χ4n) is 1.79. The van der Waals surface area contributed by atoms with Gasteiger partial charge in [-0.1, -0.05) is 0 Å². The van der Waals surface area contributed by atoms with Gasteiger partial charge in [0.05, 0.1) is 0 Å². The summed E-state index contributed by atoms with van der Waals surface area (Å²) in [6, 6.07) is 0. The number of hydrogen-bond donors (Lipinski definition) is 3. The van der Waals surface area contributed by atoms with Gasteiger partial charge in [0.15, 0.2) is 6.29 Å². The molecule has 5 N–H and O–H groups in total. The molecule has 12 heavy (non-hydrogen) atoms. The predicted octanol–water partition coefficient (Wildman–Crippen LogP) is 0.0172. The van der Waals surface area contributed by atoms with Crippen LogP contribution in [0.25, 0.3) is 0 Å². The zero-order chi connectivity index (χ0) is 8.55. The number of amidine groups is 1. The lowest BCUT2D eigenvalue weighted by atomic mass is 9.94. The van der Waals surface area contributed by atoms with Gasteiger partial charge in [0.1, 0.15) is 5.84 Å². The molecule has 1 aliphatic heterocycles. The fraction of sp³-hybridized carbons (Fsp3) is 0.625. The smallest absolute Gasteiger partial charge is 0.173 e. The highest BCUT2D eigenvalue weighted by Crippen LogP contribution is 2.25. The van der Waals surface area contributed by atoms with E-state index in [0.717, 1.165) is 12.8 Å². The Morgan fingerprint density at radius 3 is 2.92 bits per heavy atom. The maximum absolute atomic E-state index is 5.75. The normalized spacial score (nSPS) is 29.1. The van der Waals surface area contributed by atoms with Crippen LogP contribution in [0.15, 0.2) is 16.3 Å². The Morgan fingerprint density at radius 1 is 1.33 bits per heavy atom. The number of nitrogens with zero attached hydrogens (tertiary/aromatic N) is 1. The number of nitrogens with one attached hydrogen (secondary N) is 1. The van der Waals surface area contributed by atoms with E-state index in [-0.39, 0.29) is 6.29 Å². The zero-order valence-corrected chi connectivity index (χ0v) is 7.01. The van der Waals surface area contributed by atoms with Gasteiger partial charge in [-0.2, -0.15) is 0 Å². The first kappa shape index (κ1) is 7.61. The monoisotopic (exact) mass is 166 g/mol. The second-order valence-electron chi connectivity index (χ2n) is 3.27. The number of hydrogen-bond acceptors (Lipinski definition) is 4. The SMILES string of the molecule is NC1=NC(N)NC2=C1CCCC2. The van der Waals surface area contributed by atoms with Crippen LogP contribution < -0.4 is 16.8 Å². The summed E-state index contributed by atoms with van der Waals surface area (Å²) in [5.41, 5.74) is 13.8. The summed E-state index contributed by atoms with van der Waals surface area (Å²) in [4.78, 5) is 4.07. The lowest BCUT2D eigenvalue weighted by Gasteiger charge is -2.27. The quantitative estimate of drug-likeness (QED) is 0.474. The first-order valence-electron chi connectivity index (χ1n) is 4.35. The lowest BCUT2D eigenvalue weighted by molar-refractivity contribution is 0.540.